The lowest BCUT2D eigenvalue weighted by Gasteiger charge is -1.77. The Hall–Kier alpha value is -0.830. The second kappa shape index (κ2) is 1.96. The first-order valence-corrected chi connectivity index (χ1v) is 2.44. The number of aliphatic hydroxyl groups excluding tert-OH is 1. The minimum Gasteiger partial charge on any atom is -0.390 e. The highest BCUT2D eigenvalue weighted by atomic mass is 16.3. The van der Waals surface area contributed by atoms with E-state index in [-0.39, 0.29) is 6.61 Å². The van der Waals surface area contributed by atoms with E-state index in [9.17, 15) is 0 Å². The van der Waals surface area contributed by atoms with E-state index >= 15 is 0 Å². The molecule has 0 aromatic carbocycles. The van der Waals surface area contributed by atoms with Crippen LogP contribution in [0.3, 0.4) is 0 Å². The summed E-state index contributed by atoms with van der Waals surface area (Å²) >= 11 is 0. The van der Waals surface area contributed by atoms with E-state index in [1.165, 1.54) is 0 Å². The van der Waals surface area contributed by atoms with E-state index in [1.54, 1.807) is 6.07 Å². The monoisotopic (exact) mass is 112 g/mol. The molecular weight excluding hydrogens is 104 g/mol. The lowest BCUT2D eigenvalue weighted by molar-refractivity contribution is 0.276. The van der Waals surface area contributed by atoms with Crippen molar-refractivity contribution in [2.75, 3.05) is 0 Å². The molecule has 0 aliphatic heterocycles. The molecule has 1 aromatic rings. The molecule has 0 bridgehead atoms. The molecular formula is C5H8N2O. The third-order valence-electron chi connectivity index (χ3n) is 0.921. The molecule has 0 aliphatic rings. The average molecular weight is 112 g/mol. The largest absolute Gasteiger partial charge is 0.390 e. The van der Waals surface area contributed by atoms with Gasteiger partial charge in [0.2, 0.25) is 0 Å². The molecule has 44 valence electrons. The van der Waals surface area contributed by atoms with E-state index in [0.717, 1.165) is 5.69 Å². The SMILES string of the molecule is Cc1cc(CO)n[nH]1. The molecule has 0 atom stereocenters. The molecule has 3 nitrogen and oxygen atoms in total. The standard InChI is InChI=1S/C5H8N2O/c1-4-2-5(3-8)7-6-4/h2,8H,3H2,1H3,(H,6,7). The minimum atomic E-state index is 0.0182. The fraction of sp³-hybridized carbons (Fsp3) is 0.400. The van der Waals surface area contributed by atoms with Crippen molar-refractivity contribution >= 4 is 0 Å². The number of nitrogens with zero attached hydrogens (tertiary/aromatic N) is 1. The summed E-state index contributed by atoms with van der Waals surface area (Å²) in [7, 11) is 0. The van der Waals surface area contributed by atoms with E-state index in [2.05, 4.69) is 10.2 Å². The molecule has 0 spiro atoms. The van der Waals surface area contributed by atoms with Gasteiger partial charge < -0.3 is 5.11 Å². The van der Waals surface area contributed by atoms with Crippen LogP contribution in [0.2, 0.25) is 0 Å². The van der Waals surface area contributed by atoms with Crippen LogP contribution in [0.15, 0.2) is 6.07 Å². The van der Waals surface area contributed by atoms with Crippen molar-refractivity contribution in [1.82, 2.24) is 10.2 Å². The summed E-state index contributed by atoms with van der Waals surface area (Å²) in [4.78, 5) is 0. The molecule has 0 saturated carbocycles. The fourth-order valence-electron chi connectivity index (χ4n) is 0.555. The molecule has 0 aliphatic carbocycles. The third-order valence-corrected chi connectivity index (χ3v) is 0.921. The number of rotatable bonds is 1. The quantitative estimate of drug-likeness (QED) is 0.545. The maximum atomic E-state index is 8.47. The Balaban J connectivity index is 2.84. The van der Waals surface area contributed by atoms with Gasteiger partial charge in [-0.25, -0.2) is 0 Å². The van der Waals surface area contributed by atoms with Crippen molar-refractivity contribution < 1.29 is 5.11 Å². The predicted molar refractivity (Wildman–Crippen MR) is 29.2 cm³/mol. The first-order valence-electron chi connectivity index (χ1n) is 2.44. The number of nitrogens with one attached hydrogen (secondary N) is 1. The lowest BCUT2D eigenvalue weighted by Crippen LogP contribution is -1.79. The van der Waals surface area contributed by atoms with Gasteiger partial charge in [-0.2, -0.15) is 5.10 Å². The predicted octanol–water partition coefficient (Wildman–Crippen LogP) is 0.210. The van der Waals surface area contributed by atoms with Crippen LogP contribution < -0.4 is 0 Å². The minimum absolute atomic E-state index is 0.0182. The summed E-state index contributed by atoms with van der Waals surface area (Å²) in [5.41, 5.74) is 1.68. The summed E-state index contributed by atoms with van der Waals surface area (Å²) in [6, 6.07) is 1.81. The molecule has 0 radical (unpaired) electrons. The second-order valence-electron chi connectivity index (χ2n) is 1.70. The van der Waals surface area contributed by atoms with Gasteiger partial charge in [0.05, 0.1) is 12.3 Å². The Bertz CT molecular complexity index is 171. The van der Waals surface area contributed by atoms with Crippen LogP contribution in [0, 0.1) is 6.92 Å². The van der Waals surface area contributed by atoms with Gasteiger partial charge in [-0.15, -0.1) is 0 Å². The van der Waals surface area contributed by atoms with E-state index in [1.807, 2.05) is 6.92 Å². The zero-order chi connectivity index (χ0) is 5.98. The second-order valence-corrected chi connectivity index (χ2v) is 1.70. The molecule has 0 unspecified atom stereocenters. The number of aryl methyl sites for hydroxylation is 1. The molecule has 1 rings (SSSR count). The number of aliphatic hydroxyl groups is 1. The summed E-state index contributed by atoms with van der Waals surface area (Å²) in [5, 5.41) is 14.9. The number of hydrogen-bond acceptors (Lipinski definition) is 2. The van der Waals surface area contributed by atoms with Gasteiger partial charge in [0.25, 0.3) is 0 Å². The first-order chi connectivity index (χ1) is 3.83. The zero-order valence-electron chi connectivity index (χ0n) is 4.68. The molecule has 2 N–H and O–H groups in total. The van der Waals surface area contributed by atoms with Crippen molar-refractivity contribution in [2.45, 2.75) is 13.5 Å². The Kier molecular flexibility index (Phi) is 1.30. The van der Waals surface area contributed by atoms with Crippen molar-refractivity contribution in [1.29, 1.82) is 0 Å². The zero-order valence-corrected chi connectivity index (χ0v) is 4.68. The van der Waals surface area contributed by atoms with Crippen LogP contribution in [0.25, 0.3) is 0 Å². The van der Waals surface area contributed by atoms with Crippen LogP contribution in [-0.2, 0) is 6.61 Å². The normalized spacial score (nSPS) is 9.75. The Morgan fingerprint density at radius 3 is 2.88 bits per heavy atom. The fourth-order valence-corrected chi connectivity index (χ4v) is 0.555. The summed E-state index contributed by atoms with van der Waals surface area (Å²) < 4.78 is 0. The number of aromatic amines is 1. The molecule has 0 amide bonds. The summed E-state index contributed by atoms with van der Waals surface area (Å²) in [6.07, 6.45) is 0. The van der Waals surface area contributed by atoms with Gasteiger partial charge in [0.15, 0.2) is 0 Å². The highest BCUT2D eigenvalue weighted by Gasteiger charge is 1.91. The van der Waals surface area contributed by atoms with Crippen molar-refractivity contribution in [3.63, 3.8) is 0 Å². The Morgan fingerprint density at radius 1 is 1.88 bits per heavy atom. The highest BCUT2D eigenvalue weighted by molar-refractivity contribution is 5.04. The molecule has 8 heavy (non-hydrogen) atoms. The van der Waals surface area contributed by atoms with E-state index in [0.29, 0.717) is 5.69 Å². The third kappa shape index (κ3) is 0.869. The van der Waals surface area contributed by atoms with Crippen LogP contribution in [0.5, 0.6) is 0 Å². The summed E-state index contributed by atoms with van der Waals surface area (Å²) in [6.45, 7) is 1.91. The molecule has 3 heteroatoms. The lowest BCUT2D eigenvalue weighted by atomic mass is 10.4. The van der Waals surface area contributed by atoms with Gasteiger partial charge in [0, 0.05) is 5.69 Å². The molecule has 0 saturated heterocycles. The van der Waals surface area contributed by atoms with Crippen molar-refractivity contribution in [3.05, 3.63) is 17.5 Å². The van der Waals surface area contributed by atoms with Crippen molar-refractivity contribution in [2.24, 2.45) is 0 Å². The number of H-pyrrole nitrogens is 1. The molecule has 1 aromatic heterocycles. The van der Waals surface area contributed by atoms with Crippen LogP contribution >= 0.6 is 0 Å². The highest BCUT2D eigenvalue weighted by Crippen LogP contribution is 1.94. The van der Waals surface area contributed by atoms with Gasteiger partial charge >= 0.3 is 0 Å². The Labute approximate surface area is 47.4 Å². The average Bonchev–Trinajstić information content (AvgIpc) is 2.14. The smallest absolute Gasteiger partial charge is 0.0879 e. The van der Waals surface area contributed by atoms with Gasteiger partial charge in [-0.1, -0.05) is 0 Å². The van der Waals surface area contributed by atoms with Crippen LogP contribution in [-0.4, -0.2) is 15.3 Å². The van der Waals surface area contributed by atoms with Gasteiger partial charge in [0.1, 0.15) is 0 Å². The van der Waals surface area contributed by atoms with Gasteiger partial charge in [-0.3, -0.25) is 5.10 Å². The maximum Gasteiger partial charge on any atom is 0.0879 e. The van der Waals surface area contributed by atoms with E-state index in [4.69, 9.17) is 5.11 Å². The van der Waals surface area contributed by atoms with Crippen molar-refractivity contribution in [3.8, 4) is 0 Å². The van der Waals surface area contributed by atoms with Gasteiger partial charge in [-0.05, 0) is 13.0 Å². The molecule has 1 heterocycles. The topological polar surface area (TPSA) is 48.9 Å². The van der Waals surface area contributed by atoms with Crippen LogP contribution in [0.1, 0.15) is 11.4 Å². The number of aromatic nitrogens is 2. The summed E-state index contributed by atoms with van der Waals surface area (Å²) in [5.74, 6) is 0. The maximum absolute atomic E-state index is 8.47. The molecule has 0 fully saturated rings. The number of hydrogen-bond donors (Lipinski definition) is 2. The first kappa shape index (κ1) is 5.31. The van der Waals surface area contributed by atoms with Crippen LogP contribution in [0.4, 0.5) is 0 Å². The Morgan fingerprint density at radius 2 is 2.62 bits per heavy atom. The van der Waals surface area contributed by atoms with E-state index < -0.39 is 0 Å².